The molecule has 1 N–H and O–H groups in total. The number of carbonyl (C=O) groups excluding carboxylic acids is 2. The quantitative estimate of drug-likeness (QED) is 0.554. The Labute approximate surface area is 172 Å². The zero-order chi connectivity index (χ0) is 19.9. The van der Waals surface area contributed by atoms with Gasteiger partial charge in [0.05, 0.1) is 11.5 Å². The van der Waals surface area contributed by atoms with Crippen molar-refractivity contribution in [3.63, 3.8) is 0 Å². The molecule has 5 atom stereocenters. The Morgan fingerprint density at radius 1 is 1.18 bits per heavy atom. The molecule has 4 aliphatic carbocycles. The predicted octanol–water partition coefficient (Wildman–Crippen LogP) is 4.68. The van der Waals surface area contributed by atoms with Crippen molar-refractivity contribution in [2.75, 3.05) is 6.61 Å². The highest BCUT2D eigenvalue weighted by Gasteiger charge is 2.60. The molecule has 0 saturated heterocycles. The van der Waals surface area contributed by atoms with Gasteiger partial charge in [-0.15, -0.1) is 11.6 Å². The van der Waals surface area contributed by atoms with Gasteiger partial charge in [0.15, 0.2) is 6.61 Å². The van der Waals surface area contributed by atoms with Crippen LogP contribution in [-0.4, -0.2) is 23.4 Å². The summed E-state index contributed by atoms with van der Waals surface area (Å²) >= 11 is 6.81. The molecular weight excluding hydrogens is 374 g/mol. The lowest BCUT2D eigenvalue weighted by molar-refractivity contribution is -0.171. The first kappa shape index (κ1) is 19.8. The Balaban J connectivity index is 1.34. The van der Waals surface area contributed by atoms with Gasteiger partial charge in [-0.3, -0.25) is 9.59 Å². The van der Waals surface area contributed by atoms with Crippen molar-refractivity contribution >= 4 is 23.5 Å². The van der Waals surface area contributed by atoms with Crippen molar-refractivity contribution in [3.05, 3.63) is 35.4 Å². The molecule has 4 fully saturated rings. The number of hydrogen-bond acceptors (Lipinski definition) is 3. The number of nitrogens with one attached hydrogen (secondary N) is 1. The SMILES string of the molecule is CC[C@H](NC(=O)COC(=O)C12C[C@@H]3C[C@@H](CC(Cl)(C3)C1)C2)c1ccc(C)cc1. The van der Waals surface area contributed by atoms with Crippen molar-refractivity contribution in [2.24, 2.45) is 17.3 Å². The summed E-state index contributed by atoms with van der Waals surface area (Å²) < 4.78 is 5.52. The van der Waals surface area contributed by atoms with Crippen molar-refractivity contribution in [2.45, 2.75) is 69.7 Å². The summed E-state index contributed by atoms with van der Waals surface area (Å²) in [5.74, 6) is 0.605. The van der Waals surface area contributed by atoms with E-state index < -0.39 is 5.41 Å². The van der Waals surface area contributed by atoms with Gasteiger partial charge in [0.2, 0.25) is 0 Å². The number of halogens is 1. The van der Waals surface area contributed by atoms with E-state index in [1.807, 2.05) is 38.1 Å². The molecule has 0 spiro atoms. The van der Waals surface area contributed by atoms with Gasteiger partial charge in [0.1, 0.15) is 0 Å². The van der Waals surface area contributed by atoms with Crippen LogP contribution in [0.5, 0.6) is 0 Å². The normalized spacial score (nSPS) is 34.1. The van der Waals surface area contributed by atoms with E-state index in [1.54, 1.807) is 0 Å². The Bertz CT molecular complexity index is 746. The summed E-state index contributed by atoms with van der Waals surface area (Å²) in [7, 11) is 0. The van der Waals surface area contributed by atoms with Crippen LogP contribution in [0.4, 0.5) is 0 Å². The zero-order valence-electron chi connectivity index (χ0n) is 16.8. The van der Waals surface area contributed by atoms with Crippen molar-refractivity contribution in [1.29, 1.82) is 0 Å². The first-order chi connectivity index (χ1) is 13.3. The van der Waals surface area contributed by atoms with Gasteiger partial charge in [0.25, 0.3) is 5.91 Å². The third-order valence-corrected chi connectivity index (χ3v) is 7.42. The minimum absolute atomic E-state index is 0.0718. The van der Waals surface area contributed by atoms with Crippen LogP contribution in [0.15, 0.2) is 24.3 Å². The first-order valence-corrected chi connectivity index (χ1v) is 10.9. The van der Waals surface area contributed by atoms with E-state index in [1.165, 1.54) is 12.0 Å². The second kappa shape index (κ2) is 7.37. The van der Waals surface area contributed by atoms with Crippen LogP contribution in [0, 0.1) is 24.2 Å². The fourth-order valence-corrected chi connectivity index (χ4v) is 6.82. The Kier molecular flexibility index (Phi) is 5.20. The predicted molar refractivity (Wildman–Crippen MR) is 109 cm³/mol. The summed E-state index contributed by atoms with van der Waals surface area (Å²) in [5, 5.41) is 3.00. The molecule has 4 bridgehead atoms. The molecule has 5 rings (SSSR count). The van der Waals surface area contributed by atoms with E-state index >= 15 is 0 Å². The molecule has 1 amide bonds. The van der Waals surface area contributed by atoms with Gasteiger partial charge >= 0.3 is 5.97 Å². The highest BCUT2D eigenvalue weighted by atomic mass is 35.5. The second-order valence-corrected chi connectivity index (χ2v) is 10.2. The smallest absolute Gasteiger partial charge is 0.312 e. The van der Waals surface area contributed by atoms with Crippen molar-refractivity contribution in [1.82, 2.24) is 5.32 Å². The molecule has 1 aromatic rings. The minimum Gasteiger partial charge on any atom is -0.455 e. The maximum Gasteiger partial charge on any atom is 0.312 e. The Morgan fingerprint density at radius 3 is 2.39 bits per heavy atom. The van der Waals surface area contributed by atoms with E-state index in [4.69, 9.17) is 16.3 Å². The lowest BCUT2D eigenvalue weighted by Crippen LogP contribution is -2.56. The number of carbonyl (C=O) groups is 2. The van der Waals surface area contributed by atoms with E-state index in [0.717, 1.165) is 37.7 Å². The molecule has 5 heteroatoms. The molecule has 0 aliphatic heterocycles. The lowest BCUT2D eigenvalue weighted by Gasteiger charge is -2.58. The first-order valence-electron chi connectivity index (χ1n) is 10.5. The fourth-order valence-electron chi connectivity index (χ4n) is 6.13. The van der Waals surface area contributed by atoms with E-state index in [0.29, 0.717) is 18.3 Å². The molecule has 0 radical (unpaired) electrons. The molecule has 0 heterocycles. The number of benzene rings is 1. The third-order valence-electron chi connectivity index (χ3n) is 6.98. The topological polar surface area (TPSA) is 55.4 Å². The summed E-state index contributed by atoms with van der Waals surface area (Å²) in [5.41, 5.74) is 1.79. The second-order valence-electron chi connectivity index (χ2n) is 9.41. The summed E-state index contributed by atoms with van der Waals surface area (Å²) in [6, 6.07) is 8.08. The largest absolute Gasteiger partial charge is 0.455 e. The maximum absolute atomic E-state index is 12.9. The van der Waals surface area contributed by atoms with E-state index in [9.17, 15) is 9.59 Å². The average molecular weight is 404 g/mol. The average Bonchev–Trinajstić information content (AvgIpc) is 2.63. The summed E-state index contributed by atoms with van der Waals surface area (Å²) in [6.07, 6.45) is 6.48. The van der Waals surface area contributed by atoms with Gasteiger partial charge in [-0.05, 0) is 69.3 Å². The van der Waals surface area contributed by atoms with Crippen LogP contribution in [0.3, 0.4) is 0 Å². The number of esters is 1. The van der Waals surface area contributed by atoms with Crippen molar-refractivity contribution < 1.29 is 14.3 Å². The Hall–Kier alpha value is -1.55. The molecule has 1 aromatic carbocycles. The fraction of sp³-hybridized carbons (Fsp3) is 0.652. The highest BCUT2D eigenvalue weighted by Crippen LogP contribution is 2.64. The highest BCUT2D eigenvalue weighted by molar-refractivity contribution is 6.24. The van der Waals surface area contributed by atoms with Gasteiger partial charge in [-0.1, -0.05) is 36.8 Å². The minimum atomic E-state index is -0.465. The van der Waals surface area contributed by atoms with E-state index in [2.05, 4.69) is 5.32 Å². The standard InChI is InChI=1S/C23H30ClNO3/c1-3-19(18-6-4-15(2)5-7-18)25-20(26)13-28-21(27)22-9-16-8-17(10-22)12-23(24,11-16)14-22/h4-7,16-17,19H,3,8-14H2,1-2H3,(H,25,26)/t16-,17+,19-,22?,23?/m0/s1. The Morgan fingerprint density at radius 2 is 1.82 bits per heavy atom. The molecule has 4 aliphatic rings. The van der Waals surface area contributed by atoms with E-state index in [-0.39, 0.29) is 29.4 Å². The molecule has 4 nitrogen and oxygen atoms in total. The van der Waals surface area contributed by atoms with Crippen LogP contribution in [0.2, 0.25) is 0 Å². The summed E-state index contributed by atoms with van der Waals surface area (Å²) in [6.45, 7) is 3.86. The number of hydrogen-bond donors (Lipinski definition) is 1. The number of alkyl halides is 1. The van der Waals surface area contributed by atoms with Gasteiger partial charge < -0.3 is 10.1 Å². The van der Waals surface area contributed by atoms with Gasteiger partial charge in [-0.25, -0.2) is 0 Å². The van der Waals surface area contributed by atoms with Crippen LogP contribution in [0.25, 0.3) is 0 Å². The summed E-state index contributed by atoms with van der Waals surface area (Å²) in [4.78, 5) is 25.1. The zero-order valence-corrected chi connectivity index (χ0v) is 17.6. The monoisotopic (exact) mass is 403 g/mol. The van der Waals surface area contributed by atoms with Gasteiger partial charge in [-0.2, -0.15) is 0 Å². The lowest BCUT2D eigenvalue weighted by atomic mass is 9.49. The van der Waals surface area contributed by atoms with Crippen LogP contribution in [0.1, 0.15) is 69.0 Å². The third kappa shape index (κ3) is 3.80. The maximum atomic E-state index is 12.9. The number of rotatable bonds is 6. The molecular formula is C23H30ClNO3. The molecule has 4 saturated carbocycles. The number of amides is 1. The molecule has 2 unspecified atom stereocenters. The van der Waals surface area contributed by atoms with Crippen molar-refractivity contribution in [3.8, 4) is 0 Å². The van der Waals surface area contributed by atoms with Crippen LogP contribution < -0.4 is 5.32 Å². The molecule has 152 valence electrons. The number of ether oxygens (including phenoxy) is 1. The molecule has 0 aromatic heterocycles. The molecule has 28 heavy (non-hydrogen) atoms. The van der Waals surface area contributed by atoms with Gasteiger partial charge in [0, 0.05) is 4.87 Å². The van der Waals surface area contributed by atoms with Crippen LogP contribution in [-0.2, 0) is 14.3 Å². The number of aryl methyl sites for hydroxylation is 1. The van der Waals surface area contributed by atoms with Crippen LogP contribution >= 0.6 is 11.6 Å².